The molecular formula is C31H26ClN3O3S. The first kappa shape index (κ1) is 27.7. The van der Waals surface area contributed by atoms with E-state index in [2.05, 4.69) is 16.0 Å². The van der Waals surface area contributed by atoms with E-state index >= 15 is 0 Å². The molecule has 0 atom stereocenters. The monoisotopic (exact) mass is 555 g/mol. The predicted octanol–water partition coefficient (Wildman–Crippen LogP) is 6.79. The highest BCUT2D eigenvalue weighted by Crippen LogP contribution is 2.23. The van der Waals surface area contributed by atoms with Crippen LogP contribution in [0.1, 0.15) is 21.5 Å². The summed E-state index contributed by atoms with van der Waals surface area (Å²) in [5.74, 6) is -0.858. The van der Waals surface area contributed by atoms with Crippen LogP contribution in [0.3, 0.4) is 0 Å². The molecule has 39 heavy (non-hydrogen) atoms. The van der Waals surface area contributed by atoms with E-state index in [1.807, 2.05) is 43.3 Å². The summed E-state index contributed by atoms with van der Waals surface area (Å²) in [4.78, 5) is 39.4. The summed E-state index contributed by atoms with van der Waals surface area (Å²) >= 11 is 7.31. The Morgan fingerprint density at radius 2 is 1.49 bits per heavy atom. The van der Waals surface area contributed by atoms with Gasteiger partial charge in [0.1, 0.15) is 5.70 Å². The van der Waals surface area contributed by atoms with E-state index in [1.54, 1.807) is 72.8 Å². The summed E-state index contributed by atoms with van der Waals surface area (Å²) < 4.78 is 0. The molecule has 0 fully saturated rings. The van der Waals surface area contributed by atoms with Gasteiger partial charge in [0.25, 0.3) is 11.8 Å². The largest absolute Gasteiger partial charge is 0.325 e. The van der Waals surface area contributed by atoms with E-state index in [-0.39, 0.29) is 23.3 Å². The maximum absolute atomic E-state index is 13.3. The molecule has 4 aromatic carbocycles. The van der Waals surface area contributed by atoms with Crippen molar-refractivity contribution < 1.29 is 14.4 Å². The molecule has 0 heterocycles. The van der Waals surface area contributed by atoms with Crippen LogP contribution in [0, 0.1) is 6.92 Å². The molecule has 0 bridgehead atoms. The highest BCUT2D eigenvalue weighted by Gasteiger charge is 2.16. The SMILES string of the molecule is Cc1ccccc1/C=C(\NC(=O)c1ccccc1)C(=O)Nc1cccc(SCC(=O)Nc2cccc(Cl)c2)c1. The Hall–Kier alpha value is -4.33. The van der Waals surface area contributed by atoms with E-state index in [4.69, 9.17) is 11.6 Å². The molecule has 3 N–H and O–H groups in total. The zero-order valence-corrected chi connectivity index (χ0v) is 22.7. The number of benzene rings is 4. The van der Waals surface area contributed by atoms with Crippen molar-refractivity contribution in [3.63, 3.8) is 0 Å². The summed E-state index contributed by atoms with van der Waals surface area (Å²) in [6.07, 6.45) is 1.66. The first-order chi connectivity index (χ1) is 18.9. The number of amides is 3. The number of aryl methyl sites for hydroxylation is 1. The summed E-state index contributed by atoms with van der Waals surface area (Å²) in [6.45, 7) is 1.93. The van der Waals surface area contributed by atoms with Crippen LogP contribution in [-0.2, 0) is 9.59 Å². The Balaban J connectivity index is 1.46. The molecule has 0 aliphatic heterocycles. The van der Waals surface area contributed by atoms with Gasteiger partial charge in [0.15, 0.2) is 0 Å². The lowest BCUT2D eigenvalue weighted by atomic mass is 10.1. The average molecular weight is 556 g/mol. The van der Waals surface area contributed by atoms with Crippen molar-refractivity contribution in [3.05, 3.63) is 131 Å². The van der Waals surface area contributed by atoms with Crippen LogP contribution in [0.4, 0.5) is 11.4 Å². The van der Waals surface area contributed by atoms with Crippen molar-refractivity contribution in [3.8, 4) is 0 Å². The molecule has 4 aromatic rings. The molecular weight excluding hydrogens is 530 g/mol. The molecule has 0 spiro atoms. The first-order valence-corrected chi connectivity index (χ1v) is 13.5. The van der Waals surface area contributed by atoms with E-state index in [9.17, 15) is 14.4 Å². The lowest BCUT2D eigenvalue weighted by molar-refractivity contribution is -0.114. The zero-order valence-electron chi connectivity index (χ0n) is 21.1. The maximum Gasteiger partial charge on any atom is 0.272 e. The lowest BCUT2D eigenvalue weighted by Gasteiger charge is -2.13. The Morgan fingerprint density at radius 3 is 2.23 bits per heavy atom. The van der Waals surface area contributed by atoms with Crippen LogP contribution >= 0.6 is 23.4 Å². The Labute approximate surface area is 236 Å². The number of carbonyl (C=O) groups is 3. The van der Waals surface area contributed by atoms with Gasteiger partial charge in [-0.05, 0) is 72.7 Å². The summed E-state index contributed by atoms with van der Waals surface area (Å²) in [5.41, 5.74) is 3.48. The van der Waals surface area contributed by atoms with E-state index in [1.165, 1.54) is 11.8 Å². The lowest BCUT2D eigenvalue weighted by Crippen LogP contribution is -2.30. The summed E-state index contributed by atoms with van der Waals surface area (Å²) in [6, 6.07) is 30.4. The van der Waals surface area contributed by atoms with Gasteiger partial charge in [0, 0.05) is 26.9 Å². The van der Waals surface area contributed by atoms with Gasteiger partial charge >= 0.3 is 0 Å². The Bertz CT molecular complexity index is 1520. The molecule has 0 aliphatic carbocycles. The molecule has 0 saturated heterocycles. The van der Waals surface area contributed by atoms with Crippen LogP contribution in [0.2, 0.25) is 5.02 Å². The fraction of sp³-hybridized carbons (Fsp3) is 0.0645. The van der Waals surface area contributed by atoms with Gasteiger partial charge in [-0.25, -0.2) is 0 Å². The van der Waals surface area contributed by atoms with Crippen LogP contribution in [-0.4, -0.2) is 23.5 Å². The molecule has 0 unspecified atom stereocenters. The number of hydrogen-bond donors (Lipinski definition) is 3. The fourth-order valence-electron chi connectivity index (χ4n) is 3.62. The second-order valence-corrected chi connectivity index (χ2v) is 10.0. The number of rotatable bonds is 9. The summed E-state index contributed by atoms with van der Waals surface area (Å²) in [7, 11) is 0. The molecule has 0 saturated carbocycles. The molecule has 3 amide bonds. The first-order valence-electron chi connectivity index (χ1n) is 12.1. The Morgan fingerprint density at radius 1 is 0.795 bits per heavy atom. The number of carbonyl (C=O) groups excluding carboxylic acids is 3. The van der Waals surface area contributed by atoms with Crippen LogP contribution < -0.4 is 16.0 Å². The third kappa shape index (κ3) is 8.33. The molecule has 0 aromatic heterocycles. The van der Waals surface area contributed by atoms with E-state index in [0.29, 0.717) is 22.0 Å². The van der Waals surface area contributed by atoms with E-state index < -0.39 is 5.91 Å². The molecule has 0 radical (unpaired) electrons. The van der Waals surface area contributed by atoms with Gasteiger partial charge in [-0.1, -0.05) is 66.2 Å². The highest BCUT2D eigenvalue weighted by molar-refractivity contribution is 8.00. The number of hydrogen-bond acceptors (Lipinski definition) is 4. The van der Waals surface area contributed by atoms with Crippen LogP contribution in [0.5, 0.6) is 0 Å². The molecule has 196 valence electrons. The van der Waals surface area contributed by atoms with Crippen LogP contribution in [0.25, 0.3) is 6.08 Å². The standard InChI is InChI=1S/C31H26ClN3O3S/c1-21-9-5-6-12-23(21)17-28(35-30(37)22-10-3-2-4-11-22)31(38)34-26-15-8-16-27(19-26)39-20-29(36)33-25-14-7-13-24(32)18-25/h2-19H,20H2,1H3,(H,33,36)(H,34,38)(H,35,37)/b28-17-. The van der Waals surface area contributed by atoms with Crippen molar-refractivity contribution >= 4 is 58.5 Å². The topological polar surface area (TPSA) is 87.3 Å². The minimum Gasteiger partial charge on any atom is -0.325 e. The van der Waals surface area contributed by atoms with Crippen LogP contribution in [0.15, 0.2) is 114 Å². The maximum atomic E-state index is 13.3. The number of thioether (sulfide) groups is 1. The quantitative estimate of drug-likeness (QED) is 0.157. The minimum absolute atomic E-state index is 0.108. The van der Waals surface area contributed by atoms with Crippen molar-refractivity contribution in [2.75, 3.05) is 16.4 Å². The summed E-state index contributed by atoms with van der Waals surface area (Å²) in [5, 5.41) is 8.97. The third-order valence-electron chi connectivity index (χ3n) is 5.59. The van der Waals surface area contributed by atoms with Gasteiger partial charge < -0.3 is 16.0 Å². The van der Waals surface area contributed by atoms with E-state index in [0.717, 1.165) is 16.0 Å². The van der Waals surface area contributed by atoms with Gasteiger partial charge in [-0.2, -0.15) is 0 Å². The van der Waals surface area contributed by atoms with Gasteiger partial charge in [-0.3, -0.25) is 14.4 Å². The van der Waals surface area contributed by atoms with Gasteiger partial charge in [-0.15, -0.1) is 11.8 Å². The van der Waals surface area contributed by atoms with Gasteiger partial charge in [0.2, 0.25) is 5.91 Å². The molecule has 6 nitrogen and oxygen atoms in total. The zero-order chi connectivity index (χ0) is 27.6. The normalized spacial score (nSPS) is 11.0. The van der Waals surface area contributed by atoms with Crippen molar-refractivity contribution in [2.45, 2.75) is 11.8 Å². The minimum atomic E-state index is -0.469. The smallest absolute Gasteiger partial charge is 0.272 e. The van der Waals surface area contributed by atoms with Crippen molar-refractivity contribution in [1.82, 2.24) is 5.32 Å². The third-order valence-corrected chi connectivity index (χ3v) is 6.82. The molecule has 4 rings (SSSR count). The second-order valence-electron chi connectivity index (χ2n) is 8.56. The predicted molar refractivity (Wildman–Crippen MR) is 159 cm³/mol. The number of halogens is 1. The average Bonchev–Trinajstić information content (AvgIpc) is 2.93. The number of nitrogens with one attached hydrogen (secondary N) is 3. The Kier molecular flexibility index (Phi) is 9.56. The highest BCUT2D eigenvalue weighted by atomic mass is 35.5. The second kappa shape index (κ2) is 13.5. The van der Waals surface area contributed by atoms with Crippen molar-refractivity contribution in [2.24, 2.45) is 0 Å². The number of anilines is 2. The van der Waals surface area contributed by atoms with Crippen molar-refractivity contribution in [1.29, 1.82) is 0 Å². The fourth-order valence-corrected chi connectivity index (χ4v) is 4.57. The van der Waals surface area contributed by atoms with Gasteiger partial charge in [0.05, 0.1) is 5.75 Å². The molecule has 0 aliphatic rings. The molecule has 8 heteroatoms.